The van der Waals surface area contributed by atoms with Crippen LogP contribution in [0.15, 0.2) is 46.9 Å². The summed E-state index contributed by atoms with van der Waals surface area (Å²) >= 11 is 1.34. The molecule has 1 aliphatic rings. The SMILES string of the molecule is C=CCn1c(=O)c2ccccc2n2c(SCC(=O)N[C@H]3CCCC[C@@H]3C)nnc12. The minimum Gasteiger partial charge on any atom is -0.352 e. The number of carbonyl (C=O) groups is 1. The lowest BCUT2D eigenvalue weighted by Gasteiger charge is -2.29. The van der Waals surface area contributed by atoms with Gasteiger partial charge in [0.15, 0.2) is 5.16 Å². The molecule has 1 amide bonds. The maximum Gasteiger partial charge on any atom is 0.263 e. The van der Waals surface area contributed by atoms with Crippen molar-refractivity contribution in [1.82, 2.24) is 24.5 Å². The van der Waals surface area contributed by atoms with Gasteiger partial charge >= 0.3 is 0 Å². The predicted octanol–water partition coefficient (Wildman–Crippen LogP) is 3.02. The van der Waals surface area contributed by atoms with Crippen molar-refractivity contribution in [2.75, 3.05) is 5.75 Å². The summed E-state index contributed by atoms with van der Waals surface area (Å²) in [7, 11) is 0. The van der Waals surface area contributed by atoms with Gasteiger partial charge in [-0.25, -0.2) is 0 Å². The van der Waals surface area contributed by atoms with Crippen molar-refractivity contribution < 1.29 is 4.79 Å². The van der Waals surface area contributed by atoms with Crippen LogP contribution in [0.25, 0.3) is 16.7 Å². The maximum atomic E-state index is 12.8. The number of carbonyl (C=O) groups excluding carboxylic acids is 1. The molecule has 1 aliphatic carbocycles. The average Bonchev–Trinajstić information content (AvgIpc) is 3.15. The van der Waals surface area contributed by atoms with Crippen molar-refractivity contribution in [3.63, 3.8) is 0 Å². The van der Waals surface area contributed by atoms with E-state index >= 15 is 0 Å². The Morgan fingerprint density at radius 3 is 2.90 bits per heavy atom. The first-order valence-electron chi connectivity index (χ1n) is 10.00. The summed E-state index contributed by atoms with van der Waals surface area (Å²) in [6.07, 6.45) is 6.29. The van der Waals surface area contributed by atoms with Gasteiger partial charge in [-0.2, -0.15) is 0 Å². The van der Waals surface area contributed by atoms with Crippen LogP contribution in [-0.4, -0.2) is 36.9 Å². The van der Waals surface area contributed by atoms with Gasteiger partial charge in [-0.15, -0.1) is 16.8 Å². The molecule has 0 aliphatic heterocycles. The zero-order valence-electron chi connectivity index (χ0n) is 16.5. The molecule has 2 atom stereocenters. The Kier molecular flexibility index (Phi) is 5.71. The maximum absolute atomic E-state index is 12.8. The number of allylic oxidation sites excluding steroid dienone is 1. The highest BCUT2D eigenvalue weighted by Crippen LogP contribution is 2.25. The second kappa shape index (κ2) is 8.41. The number of hydrogen-bond acceptors (Lipinski definition) is 5. The lowest BCUT2D eigenvalue weighted by Crippen LogP contribution is -2.41. The molecule has 7 nitrogen and oxygen atoms in total. The molecule has 1 N–H and O–H groups in total. The molecule has 1 aromatic carbocycles. The van der Waals surface area contributed by atoms with Crippen molar-refractivity contribution in [2.45, 2.75) is 50.4 Å². The normalized spacial score (nSPS) is 19.5. The average molecular weight is 412 g/mol. The number of amides is 1. The summed E-state index contributed by atoms with van der Waals surface area (Å²) in [5.74, 6) is 1.24. The quantitative estimate of drug-likeness (QED) is 0.498. The van der Waals surface area contributed by atoms with Gasteiger partial charge in [-0.3, -0.25) is 18.6 Å². The number of benzene rings is 1. The van der Waals surface area contributed by atoms with Crippen molar-refractivity contribution >= 4 is 34.3 Å². The Hall–Kier alpha value is -2.61. The highest BCUT2D eigenvalue weighted by atomic mass is 32.2. The summed E-state index contributed by atoms with van der Waals surface area (Å²) in [5.41, 5.74) is 0.614. The molecule has 0 spiro atoms. The number of hydrogen-bond donors (Lipinski definition) is 1. The monoisotopic (exact) mass is 411 g/mol. The van der Waals surface area contributed by atoms with E-state index in [1.807, 2.05) is 22.6 Å². The van der Waals surface area contributed by atoms with Crippen LogP contribution in [0.1, 0.15) is 32.6 Å². The molecule has 1 fully saturated rings. The highest BCUT2D eigenvalue weighted by Gasteiger charge is 2.23. The van der Waals surface area contributed by atoms with Gasteiger partial charge in [0.2, 0.25) is 11.7 Å². The van der Waals surface area contributed by atoms with Crippen LogP contribution in [0.3, 0.4) is 0 Å². The summed E-state index contributed by atoms with van der Waals surface area (Å²) in [6.45, 7) is 6.28. The summed E-state index contributed by atoms with van der Waals surface area (Å²) in [4.78, 5) is 25.3. The van der Waals surface area contributed by atoms with E-state index in [2.05, 4.69) is 29.0 Å². The molecular formula is C21H25N5O2S. The molecule has 2 heterocycles. The first-order chi connectivity index (χ1) is 14.1. The third kappa shape index (κ3) is 3.81. The molecule has 2 aromatic heterocycles. The smallest absolute Gasteiger partial charge is 0.263 e. The number of nitrogens with zero attached hydrogens (tertiary/aromatic N) is 4. The van der Waals surface area contributed by atoms with E-state index in [1.54, 1.807) is 16.7 Å². The molecule has 3 aromatic rings. The van der Waals surface area contributed by atoms with E-state index in [0.717, 1.165) is 11.9 Å². The van der Waals surface area contributed by atoms with Crippen molar-refractivity contribution in [1.29, 1.82) is 0 Å². The fourth-order valence-corrected chi connectivity index (χ4v) is 4.78. The van der Waals surface area contributed by atoms with Crippen LogP contribution in [0.4, 0.5) is 0 Å². The zero-order chi connectivity index (χ0) is 20.4. The Morgan fingerprint density at radius 1 is 1.31 bits per heavy atom. The number of nitrogens with one attached hydrogen (secondary N) is 1. The Bertz CT molecular complexity index is 1120. The number of thioether (sulfide) groups is 1. The largest absolute Gasteiger partial charge is 0.352 e. The van der Waals surface area contributed by atoms with Crippen LogP contribution < -0.4 is 10.9 Å². The Labute approximate surface area is 173 Å². The van der Waals surface area contributed by atoms with Crippen molar-refractivity contribution in [3.05, 3.63) is 47.3 Å². The first kappa shape index (κ1) is 19.7. The summed E-state index contributed by atoms with van der Waals surface area (Å²) < 4.78 is 3.40. The van der Waals surface area contributed by atoms with Gasteiger partial charge in [0.1, 0.15) is 0 Å². The third-order valence-corrected chi connectivity index (χ3v) is 6.51. The third-order valence-electron chi connectivity index (χ3n) is 5.58. The molecular weight excluding hydrogens is 386 g/mol. The minimum absolute atomic E-state index is 0.00854. The van der Waals surface area contributed by atoms with Crippen molar-refractivity contribution in [2.24, 2.45) is 5.92 Å². The first-order valence-corrected chi connectivity index (χ1v) is 11.0. The second-order valence-corrected chi connectivity index (χ2v) is 8.51. The Balaban J connectivity index is 1.62. The number of fused-ring (bicyclic) bond motifs is 3. The van der Waals surface area contributed by atoms with E-state index in [-0.39, 0.29) is 23.3 Å². The molecule has 0 radical (unpaired) electrons. The topological polar surface area (TPSA) is 81.3 Å². The summed E-state index contributed by atoms with van der Waals surface area (Å²) in [5, 5.41) is 12.9. The molecule has 29 heavy (non-hydrogen) atoms. The van der Waals surface area contributed by atoms with Gasteiger partial charge in [0, 0.05) is 12.6 Å². The van der Waals surface area contributed by atoms with Gasteiger partial charge in [-0.1, -0.05) is 49.7 Å². The zero-order valence-corrected chi connectivity index (χ0v) is 17.3. The van der Waals surface area contributed by atoms with Gasteiger partial charge in [0.05, 0.1) is 16.7 Å². The van der Waals surface area contributed by atoms with Gasteiger partial charge in [-0.05, 0) is 30.9 Å². The highest BCUT2D eigenvalue weighted by molar-refractivity contribution is 7.99. The van der Waals surface area contributed by atoms with Crippen LogP contribution >= 0.6 is 11.8 Å². The van der Waals surface area contributed by atoms with Gasteiger partial charge in [0.25, 0.3) is 5.56 Å². The number of para-hydroxylation sites is 1. The van der Waals surface area contributed by atoms with Crippen LogP contribution in [0.5, 0.6) is 0 Å². The molecule has 152 valence electrons. The molecule has 0 unspecified atom stereocenters. The fraction of sp³-hybridized carbons (Fsp3) is 0.429. The van der Waals surface area contributed by atoms with Gasteiger partial charge < -0.3 is 5.32 Å². The number of rotatable bonds is 6. The molecule has 4 rings (SSSR count). The second-order valence-electron chi connectivity index (χ2n) is 7.56. The van der Waals surface area contributed by atoms with E-state index in [9.17, 15) is 9.59 Å². The van der Waals surface area contributed by atoms with Crippen LogP contribution in [-0.2, 0) is 11.3 Å². The molecule has 8 heteroatoms. The van der Waals surface area contributed by atoms with E-state index in [4.69, 9.17) is 0 Å². The Morgan fingerprint density at radius 2 is 2.10 bits per heavy atom. The van der Waals surface area contributed by atoms with E-state index in [0.29, 0.717) is 28.8 Å². The minimum atomic E-state index is -0.124. The van der Waals surface area contributed by atoms with E-state index < -0.39 is 0 Å². The standard InChI is InChI=1S/C21H25N5O2S/c1-3-12-25-19(28)15-9-5-7-11-17(15)26-20(25)23-24-21(26)29-13-18(27)22-16-10-6-4-8-14(16)2/h3,5,7,9,11,14,16H,1,4,6,8,10,12-13H2,2H3,(H,22,27)/t14-,16-/m0/s1. The predicted molar refractivity (Wildman–Crippen MR) is 115 cm³/mol. The number of aromatic nitrogens is 4. The summed E-state index contributed by atoms with van der Waals surface area (Å²) in [6, 6.07) is 7.64. The van der Waals surface area contributed by atoms with Crippen LogP contribution in [0, 0.1) is 5.92 Å². The molecule has 0 saturated heterocycles. The molecule has 1 saturated carbocycles. The van der Waals surface area contributed by atoms with Crippen LogP contribution in [0.2, 0.25) is 0 Å². The lowest BCUT2D eigenvalue weighted by atomic mass is 9.86. The fourth-order valence-electron chi connectivity index (χ4n) is 4.03. The molecule has 0 bridgehead atoms. The lowest BCUT2D eigenvalue weighted by molar-refractivity contribution is -0.119. The van der Waals surface area contributed by atoms with Crippen molar-refractivity contribution in [3.8, 4) is 0 Å². The van der Waals surface area contributed by atoms with E-state index in [1.165, 1.54) is 31.0 Å².